The van der Waals surface area contributed by atoms with E-state index in [1.54, 1.807) is 7.11 Å². The average molecular weight is 244 g/mol. The highest BCUT2D eigenvalue weighted by Crippen LogP contribution is 2.16. The van der Waals surface area contributed by atoms with Gasteiger partial charge in [-0.05, 0) is 49.7 Å². The molecule has 0 aromatic heterocycles. The Balaban J connectivity index is 2.49. The molecule has 1 aromatic carbocycles. The average Bonchev–Trinajstić information content (AvgIpc) is 2.16. The highest BCUT2D eigenvalue weighted by Gasteiger charge is 2.19. The van der Waals surface area contributed by atoms with Crippen LogP contribution in [0.2, 0.25) is 19.1 Å². The number of halogens is 2. The van der Waals surface area contributed by atoms with E-state index in [4.69, 9.17) is 4.43 Å². The predicted octanol–water partition coefficient (Wildman–Crippen LogP) is 3.75. The topological polar surface area (TPSA) is 9.23 Å². The fourth-order valence-corrected chi connectivity index (χ4v) is 2.81. The fraction of sp³-hybridized carbons (Fsp3) is 0.500. The minimum Gasteiger partial charge on any atom is -0.420 e. The molecule has 1 rings (SSSR count). The normalized spacial score (nSPS) is 11.8. The van der Waals surface area contributed by atoms with Crippen LogP contribution in [0, 0.1) is 11.6 Å². The molecule has 1 aromatic rings. The fourth-order valence-electron chi connectivity index (χ4n) is 1.58. The maximum atomic E-state index is 12.9. The Morgan fingerprint density at radius 3 is 2.19 bits per heavy atom. The summed E-state index contributed by atoms with van der Waals surface area (Å²) in [6.45, 7) is 4.28. The van der Waals surface area contributed by atoms with Gasteiger partial charge in [-0.2, -0.15) is 0 Å². The van der Waals surface area contributed by atoms with Crippen molar-refractivity contribution < 1.29 is 13.2 Å². The maximum absolute atomic E-state index is 12.9. The quantitative estimate of drug-likeness (QED) is 0.717. The molecule has 0 aliphatic rings. The molecule has 0 spiro atoms. The van der Waals surface area contributed by atoms with Gasteiger partial charge in [0, 0.05) is 13.2 Å². The first kappa shape index (κ1) is 13.3. The molecular formula is C12H18F2OSi. The molecule has 0 fully saturated rings. The van der Waals surface area contributed by atoms with E-state index in [0.29, 0.717) is 6.42 Å². The molecule has 0 aliphatic heterocycles. The number of hydrogen-bond acceptors (Lipinski definition) is 1. The smallest absolute Gasteiger partial charge is 0.186 e. The van der Waals surface area contributed by atoms with E-state index in [0.717, 1.165) is 24.1 Å². The summed E-state index contributed by atoms with van der Waals surface area (Å²) in [6, 6.07) is 4.69. The minimum absolute atomic E-state index is 0.502. The molecule has 0 amide bonds. The lowest BCUT2D eigenvalue weighted by atomic mass is 10.1. The van der Waals surface area contributed by atoms with E-state index in [-0.39, 0.29) is 0 Å². The van der Waals surface area contributed by atoms with Crippen LogP contribution in [-0.2, 0) is 10.8 Å². The SMILES string of the molecule is CO[Si](C)(C)CCCc1cc(F)cc(F)c1. The predicted molar refractivity (Wildman–Crippen MR) is 64.0 cm³/mol. The summed E-state index contributed by atoms with van der Waals surface area (Å²) in [4.78, 5) is 0. The first-order valence-corrected chi connectivity index (χ1v) is 8.54. The maximum Gasteiger partial charge on any atom is 0.186 e. The van der Waals surface area contributed by atoms with Gasteiger partial charge in [0.15, 0.2) is 8.32 Å². The number of hydrogen-bond donors (Lipinski definition) is 0. The second-order valence-corrected chi connectivity index (χ2v) is 9.02. The van der Waals surface area contributed by atoms with E-state index in [1.165, 1.54) is 12.1 Å². The number of benzene rings is 1. The van der Waals surface area contributed by atoms with Gasteiger partial charge in [0.25, 0.3) is 0 Å². The largest absolute Gasteiger partial charge is 0.420 e. The van der Waals surface area contributed by atoms with Crippen LogP contribution in [0.5, 0.6) is 0 Å². The third-order valence-electron chi connectivity index (χ3n) is 2.72. The molecule has 16 heavy (non-hydrogen) atoms. The van der Waals surface area contributed by atoms with Crippen LogP contribution in [0.1, 0.15) is 12.0 Å². The van der Waals surface area contributed by atoms with Crippen molar-refractivity contribution in [3.63, 3.8) is 0 Å². The van der Waals surface area contributed by atoms with Crippen LogP contribution in [-0.4, -0.2) is 15.4 Å². The molecule has 0 unspecified atom stereocenters. The van der Waals surface area contributed by atoms with E-state index >= 15 is 0 Å². The van der Waals surface area contributed by atoms with Crippen LogP contribution in [0.15, 0.2) is 18.2 Å². The molecule has 0 atom stereocenters. The van der Waals surface area contributed by atoms with E-state index in [2.05, 4.69) is 13.1 Å². The zero-order valence-electron chi connectivity index (χ0n) is 10.0. The molecular weight excluding hydrogens is 226 g/mol. The molecule has 90 valence electrons. The monoisotopic (exact) mass is 244 g/mol. The number of rotatable bonds is 5. The van der Waals surface area contributed by atoms with Crippen molar-refractivity contribution in [3.8, 4) is 0 Å². The summed E-state index contributed by atoms with van der Waals surface area (Å²) in [5.41, 5.74) is 0.721. The van der Waals surface area contributed by atoms with Crippen molar-refractivity contribution in [1.29, 1.82) is 0 Å². The summed E-state index contributed by atoms with van der Waals surface area (Å²) in [6.07, 6.45) is 1.62. The molecule has 0 N–H and O–H groups in total. The molecule has 0 heterocycles. The first-order chi connectivity index (χ1) is 7.43. The molecule has 4 heteroatoms. The highest BCUT2D eigenvalue weighted by atomic mass is 28.4. The molecule has 0 radical (unpaired) electrons. The van der Waals surface area contributed by atoms with Gasteiger partial charge in [-0.15, -0.1) is 0 Å². The van der Waals surface area contributed by atoms with Crippen LogP contribution >= 0.6 is 0 Å². The van der Waals surface area contributed by atoms with Crippen molar-refractivity contribution in [2.75, 3.05) is 7.11 Å². The molecule has 0 bridgehead atoms. The summed E-state index contributed by atoms with van der Waals surface area (Å²) in [5.74, 6) is -1.00. The summed E-state index contributed by atoms with van der Waals surface area (Å²) < 4.78 is 31.2. The molecule has 1 nitrogen and oxygen atoms in total. The Bertz CT molecular complexity index is 333. The van der Waals surface area contributed by atoms with E-state index in [1.807, 2.05) is 0 Å². The summed E-state index contributed by atoms with van der Waals surface area (Å²) >= 11 is 0. The van der Waals surface area contributed by atoms with E-state index in [9.17, 15) is 8.78 Å². The van der Waals surface area contributed by atoms with Gasteiger partial charge >= 0.3 is 0 Å². The minimum atomic E-state index is -1.55. The zero-order valence-corrected chi connectivity index (χ0v) is 11.0. The van der Waals surface area contributed by atoms with Gasteiger partial charge in [0.05, 0.1) is 0 Å². The van der Waals surface area contributed by atoms with Crippen LogP contribution in [0.3, 0.4) is 0 Å². The van der Waals surface area contributed by atoms with Gasteiger partial charge < -0.3 is 4.43 Å². The lowest BCUT2D eigenvalue weighted by Crippen LogP contribution is -2.28. The van der Waals surface area contributed by atoms with Gasteiger partial charge in [-0.3, -0.25) is 0 Å². The third-order valence-corrected chi connectivity index (χ3v) is 5.38. The van der Waals surface area contributed by atoms with Crippen molar-refractivity contribution in [2.24, 2.45) is 0 Å². The third kappa shape index (κ3) is 4.41. The van der Waals surface area contributed by atoms with Crippen molar-refractivity contribution in [1.82, 2.24) is 0 Å². The molecule has 0 aliphatic carbocycles. The number of aryl methyl sites for hydroxylation is 1. The van der Waals surface area contributed by atoms with Gasteiger partial charge in [0.2, 0.25) is 0 Å². The first-order valence-electron chi connectivity index (χ1n) is 5.43. The Morgan fingerprint density at radius 2 is 1.69 bits per heavy atom. The molecule has 0 saturated heterocycles. The second-order valence-electron chi connectivity index (χ2n) is 4.60. The summed E-state index contributed by atoms with van der Waals surface area (Å²) in [5, 5.41) is 0. The van der Waals surface area contributed by atoms with Gasteiger partial charge in [-0.25, -0.2) is 8.78 Å². The lowest BCUT2D eigenvalue weighted by molar-refractivity contribution is 0.402. The van der Waals surface area contributed by atoms with Crippen LogP contribution in [0.4, 0.5) is 8.78 Å². The Morgan fingerprint density at radius 1 is 1.12 bits per heavy atom. The Kier molecular flexibility index (Phi) is 4.62. The standard InChI is InChI=1S/C12H18F2OSi/c1-15-16(2,3)6-4-5-10-7-11(13)9-12(14)8-10/h7-9H,4-6H2,1-3H3. The van der Waals surface area contributed by atoms with Gasteiger partial charge in [-0.1, -0.05) is 0 Å². The second kappa shape index (κ2) is 5.55. The molecule has 0 saturated carbocycles. The zero-order chi connectivity index (χ0) is 12.2. The van der Waals surface area contributed by atoms with Crippen molar-refractivity contribution >= 4 is 8.32 Å². The summed E-state index contributed by atoms with van der Waals surface area (Å²) in [7, 11) is 0.184. The Hall–Kier alpha value is -0.743. The van der Waals surface area contributed by atoms with Gasteiger partial charge in [0.1, 0.15) is 11.6 Å². The van der Waals surface area contributed by atoms with Crippen molar-refractivity contribution in [2.45, 2.75) is 32.0 Å². The van der Waals surface area contributed by atoms with Crippen LogP contribution < -0.4 is 0 Å². The van der Waals surface area contributed by atoms with Crippen molar-refractivity contribution in [3.05, 3.63) is 35.4 Å². The van der Waals surface area contributed by atoms with Crippen LogP contribution in [0.25, 0.3) is 0 Å². The van der Waals surface area contributed by atoms with E-state index < -0.39 is 20.0 Å². The highest BCUT2D eigenvalue weighted by molar-refractivity contribution is 6.71. The lowest BCUT2D eigenvalue weighted by Gasteiger charge is -2.19. The Labute approximate surface area is 96.6 Å².